The van der Waals surface area contributed by atoms with Crippen LogP contribution in [0.2, 0.25) is 0 Å². The molecular weight excluding hydrogens is 278 g/mol. The molecule has 0 aliphatic rings. The van der Waals surface area contributed by atoms with Gasteiger partial charge in [-0.2, -0.15) is 0 Å². The van der Waals surface area contributed by atoms with E-state index in [0.717, 1.165) is 5.56 Å². The Morgan fingerprint density at radius 2 is 2.00 bits per heavy atom. The van der Waals surface area contributed by atoms with Gasteiger partial charge in [0.15, 0.2) is 5.78 Å². The molecule has 4 heteroatoms. The molecule has 0 radical (unpaired) electrons. The van der Waals surface area contributed by atoms with Crippen LogP contribution in [0.25, 0.3) is 0 Å². The Morgan fingerprint density at radius 3 is 2.64 bits per heavy atom. The number of alkyl carbamates (subject to hydrolysis) is 1. The molecule has 0 unspecified atom stereocenters. The quantitative estimate of drug-likeness (QED) is 0.526. The molecule has 118 valence electrons. The van der Waals surface area contributed by atoms with E-state index >= 15 is 0 Å². The van der Waals surface area contributed by atoms with Crippen LogP contribution in [0.1, 0.15) is 56.5 Å². The Kier molecular flexibility index (Phi) is 6.65. The Morgan fingerprint density at radius 1 is 1.27 bits per heavy atom. The van der Waals surface area contributed by atoms with Gasteiger partial charge in [0.25, 0.3) is 0 Å². The van der Waals surface area contributed by atoms with Gasteiger partial charge in [0.05, 0.1) is 0 Å². The fourth-order valence-electron chi connectivity index (χ4n) is 1.68. The molecule has 0 saturated heterocycles. The smallest absolute Gasteiger partial charge is 0.407 e. The maximum Gasteiger partial charge on any atom is 0.407 e. The molecule has 1 aromatic rings. The van der Waals surface area contributed by atoms with Crippen LogP contribution in [0.3, 0.4) is 0 Å². The van der Waals surface area contributed by atoms with Crippen molar-refractivity contribution >= 4 is 11.9 Å². The summed E-state index contributed by atoms with van der Waals surface area (Å²) in [7, 11) is 0. The fourth-order valence-corrected chi connectivity index (χ4v) is 1.68. The molecule has 1 N–H and O–H groups in total. The average molecular weight is 301 g/mol. The Balaban J connectivity index is 2.45. The predicted octanol–water partition coefficient (Wildman–Crippen LogP) is 3.55. The Hall–Kier alpha value is -2.28. The van der Waals surface area contributed by atoms with Crippen LogP contribution in [-0.4, -0.2) is 24.0 Å². The lowest BCUT2D eigenvalue weighted by atomic mass is 10.1. The number of carbonyl (C=O) groups is 2. The summed E-state index contributed by atoms with van der Waals surface area (Å²) in [6.07, 6.45) is 0.562. The molecule has 0 bridgehead atoms. The van der Waals surface area contributed by atoms with Crippen molar-refractivity contribution in [1.29, 1.82) is 0 Å². The number of nitrogens with one attached hydrogen (secondary N) is 1. The lowest BCUT2D eigenvalue weighted by Crippen LogP contribution is -2.32. The molecular formula is C18H23NO3. The van der Waals surface area contributed by atoms with Gasteiger partial charge in [-0.3, -0.25) is 4.79 Å². The van der Waals surface area contributed by atoms with Gasteiger partial charge < -0.3 is 10.1 Å². The highest BCUT2D eigenvalue weighted by Gasteiger charge is 2.15. The van der Waals surface area contributed by atoms with Crippen LogP contribution >= 0.6 is 0 Å². The summed E-state index contributed by atoms with van der Waals surface area (Å²) in [4.78, 5) is 23.0. The van der Waals surface area contributed by atoms with Gasteiger partial charge >= 0.3 is 6.09 Å². The lowest BCUT2D eigenvalue weighted by Gasteiger charge is -2.19. The van der Waals surface area contributed by atoms with E-state index in [1.54, 1.807) is 12.1 Å². The minimum absolute atomic E-state index is 0.107. The summed E-state index contributed by atoms with van der Waals surface area (Å²) in [5.41, 5.74) is 0.986. The first kappa shape index (κ1) is 17.8. The van der Waals surface area contributed by atoms with Crippen molar-refractivity contribution in [3.8, 4) is 11.8 Å². The van der Waals surface area contributed by atoms with Crippen LogP contribution in [0.5, 0.6) is 0 Å². The molecule has 4 nitrogen and oxygen atoms in total. The van der Waals surface area contributed by atoms with Crippen molar-refractivity contribution in [3.05, 3.63) is 35.4 Å². The average Bonchev–Trinajstić information content (AvgIpc) is 2.44. The number of ketones is 1. The van der Waals surface area contributed by atoms with E-state index in [0.29, 0.717) is 24.9 Å². The number of Topliss-reactive ketones (excluding diaryl/α,β-unsaturated/α-hetero) is 1. The zero-order valence-electron chi connectivity index (χ0n) is 13.7. The van der Waals surface area contributed by atoms with Gasteiger partial charge in [0, 0.05) is 30.5 Å². The first-order valence-corrected chi connectivity index (χ1v) is 7.41. The molecule has 0 aliphatic heterocycles. The minimum Gasteiger partial charge on any atom is -0.444 e. The molecule has 1 aromatic carbocycles. The summed E-state index contributed by atoms with van der Waals surface area (Å²) in [6.45, 7) is 7.71. The molecule has 1 amide bonds. The van der Waals surface area contributed by atoms with Crippen molar-refractivity contribution in [3.63, 3.8) is 0 Å². The summed E-state index contributed by atoms with van der Waals surface area (Å²) in [5, 5.41) is 2.65. The molecule has 0 saturated carbocycles. The van der Waals surface area contributed by atoms with Crippen LogP contribution in [0, 0.1) is 11.8 Å². The van der Waals surface area contributed by atoms with Crippen LogP contribution < -0.4 is 5.32 Å². The van der Waals surface area contributed by atoms with Crippen LogP contribution in [-0.2, 0) is 4.74 Å². The SMILES string of the molecule is CCC(=O)c1cccc(C#CCCNC(=O)OC(C)(C)C)c1. The molecule has 22 heavy (non-hydrogen) atoms. The number of amides is 1. The normalized spacial score (nSPS) is 10.4. The van der Waals surface area contributed by atoms with Gasteiger partial charge in [0.1, 0.15) is 5.60 Å². The second kappa shape index (κ2) is 8.23. The topological polar surface area (TPSA) is 55.4 Å². The van der Waals surface area contributed by atoms with Crippen molar-refractivity contribution in [1.82, 2.24) is 5.32 Å². The van der Waals surface area contributed by atoms with Crippen molar-refractivity contribution in [2.75, 3.05) is 6.54 Å². The molecule has 1 rings (SSSR count). The summed E-state index contributed by atoms with van der Waals surface area (Å²) < 4.78 is 5.12. The number of hydrogen-bond donors (Lipinski definition) is 1. The van der Waals surface area contributed by atoms with E-state index in [9.17, 15) is 9.59 Å². The van der Waals surface area contributed by atoms with E-state index in [1.807, 2.05) is 39.8 Å². The van der Waals surface area contributed by atoms with Gasteiger partial charge in [-0.25, -0.2) is 4.79 Å². The van der Waals surface area contributed by atoms with Crippen LogP contribution in [0.15, 0.2) is 24.3 Å². The largest absolute Gasteiger partial charge is 0.444 e. The van der Waals surface area contributed by atoms with Gasteiger partial charge in [-0.1, -0.05) is 30.9 Å². The number of hydrogen-bond acceptors (Lipinski definition) is 3. The zero-order valence-corrected chi connectivity index (χ0v) is 13.7. The first-order chi connectivity index (χ1) is 10.3. The molecule has 0 aliphatic carbocycles. The molecule has 0 atom stereocenters. The summed E-state index contributed by atoms with van der Waals surface area (Å²) in [6, 6.07) is 7.27. The number of carbonyl (C=O) groups excluding carboxylic acids is 2. The van der Waals surface area contributed by atoms with Crippen molar-refractivity contribution in [2.24, 2.45) is 0 Å². The van der Waals surface area contributed by atoms with E-state index < -0.39 is 11.7 Å². The van der Waals surface area contributed by atoms with Gasteiger partial charge in [0.2, 0.25) is 0 Å². The van der Waals surface area contributed by atoms with E-state index in [4.69, 9.17) is 4.74 Å². The molecule has 0 fully saturated rings. The third-order valence-electron chi connectivity index (χ3n) is 2.66. The predicted molar refractivity (Wildman–Crippen MR) is 86.8 cm³/mol. The van der Waals surface area contributed by atoms with E-state index in [1.165, 1.54) is 0 Å². The first-order valence-electron chi connectivity index (χ1n) is 7.41. The van der Waals surface area contributed by atoms with Gasteiger partial charge in [-0.05, 0) is 32.9 Å². The summed E-state index contributed by atoms with van der Waals surface area (Å²) >= 11 is 0. The standard InChI is InChI=1S/C18H23NO3/c1-5-16(20)15-11-8-10-14(13-15)9-6-7-12-19-17(21)22-18(2,3)4/h8,10-11,13H,5,7,12H2,1-4H3,(H,19,21). The van der Waals surface area contributed by atoms with E-state index in [-0.39, 0.29) is 5.78 Å². The Labute approximate surface area is 132 Å². The minimum atomic E-state index is -0.498. The fraction of sp³-hybridized carbons (Fsp3) is 0.444. The molecule has 0 heterocycles. The highest BCUT2D eigenvalue weighted by Crippen LogP contribution is 2.07. The van der Waals surface area contributed by atoms with Crippen molar-refractivity contribution < 1.29 is 14.3 Å². The second-order valence-corrected chi connectivity index (χ2v) is 5.84. The maximum atomic E-state index is 11.6. The van der Waals surface area contributed by atoms with Gasteiger partial charge in [-0.15, -0.1) is 0 Å². The highest BCUT2D eigenvalue weighted by atomic mass is 16.6. The third-order valence-corrected chi connectivity index (χ3v) is 2.66. The number of rotatable bonds is 4. The molecule has 0 aromatic heterocycles. The number of benzene rings is 1. The van der Waals surface area contributed by atoms with E-state index in [2.05, 4.69) is 17.2 Å². The maximum absolute atomic E-state index is 11.6. The highest BCUT2D eigenvalue weighted by molar-refractivity contribution is 5.96. The zero-order chi connectivity index (χ0) is 16.6. The monoisotopic (exact) mass is 301 g/mol. The van der Waals surface area contributed by atoms with Crippen molar-refractivity contribution in [2.45, 2.75) is 46.1 Å². The Bertz CT molecular complexity index is 588. The second-order valence-electron chi connectivity index (χ2n) is 5.84. The van der Waals surface area contributed by atoms with Crippen LogP contribution in [0.4, 0.5) is 4.79 Å². The molecule has 0 spiro atoms. The third kappa shape index (κ3) is 6.94. The summed E-state index contributed by atoms with van der Waals surface area (Å²) in [5.74, 6) is 6.07. The number of ether oxygens (including phenoxy) is 1. The lowest BCUT2D eigenvalue weighted by molar-refractivity contribution is 0.0529.